The van der Waals surface area contributed by atoms with Crippen LogP contribution in [0.15, 0.2) is 60.7 Å². The summed E-state index contributed by atoms with van der Waals surface area (Å²) < 4.78 is 0. The number of nitrogens with one attached hydrogen (secondary N) is 1. The zero-order valence-electron chi connectivity index (χ0n) is 13.0. The topological polar surface area (TPSA) is 12.0 Å². The van der Waals surface area contributed by atoms with Gasteiger partial charge in [0.2, 0.25) is 0 Å². The molecular formula is C18H24NPRuS. The number of benzene rings is 2. The molecule has 2 rings (SSSR count). The van der Waals surface area contributed by atoms with Gasteiger partial charge in [-0.15, -0.1) is 0 Å². The zero-order valence-corrected chi connectivity index (χ0v) is 16.5. The van der Waals surface area contributed by atoms with E-state index in [9.17, 15) is 0 Å². The molecule has 2 aromatic carbocycles. The second kappa shape index (κ2) is 12.3. The number of hydrogen-bond acceptors (Lipinski definition) is 2. The molecule has 120 valence electrons. The van der Waals surface area contributed by atoms with E-state index in [0.29, 0.717) is 0 Å². The van der Waals surface area contributed by atoms with Gasteiger partial charge in [-0.1, -0.05) is 67.6 Å². The smallest absolute Gasteiger partial charge is 0.00580 e. The maximum Gasteiger partial charge on any atom is 0.00580 e. The third-order valence-corrected chi connectivity index (χ3v) is 6.69. The molecule has 0 aliphatic heterocycles. The average Bonchev–Trinajstić information content (AvgIpc) is 2.56. The Morgan fingerprint density at radius 2 is 1.41 bits per heavy atom. The van der Waals surface area contributed by atoms with Crippen molar-refractivity contribution in [1.82, 2.24) is 5.32 Å². The van der Waals surface area contributed by atoms with Crippen LogP contribution in [0.1, 0.15) is 6.92 Å². The van der Waals surface area contributed by atoms with Gasteiger partial charge in [0, 0.05) is 31.8 Å². The Hall–Kier alpha value is -0.197. The molecule has 0 fully saturated rings. The molecule has 0 saturated heterocycles. The molecule has 4 heteroatoms. The van der Waals surface area contributed by atoms with Crippen LogP contribution in [0.3, 0.4) is 0 Å². The third kappa shape index (κ3) is 6.92. The maximum atomic E-state index is 3.59. The van der Waals surface area contributed by atoms with E-state index in [1.807, 2.05) is 11.8 Å². The summed E-state index contributed by atoms with van der Waals surface area (Å²) in [7, 11) is -0.245. The Labute approximate surface area is 153 Å². The van der Waals surface area contributed by atoms with Gasteiger partial charge in [-0.2, -0.15) is 11.8 Å². The third-order valence-electron chi connectivity index (χ3n) is 3.28. The Morgan fingerprint density at radius 3 is 1.91 bits per heavy atom. The Morgan fingerprint density at radius 1 is 0.864 bits per heavy atom. The van der Waals surface area contributed by atoms with Crippen molar-refractivity contribution in [3.05, 3.63) is 60.7 Å². The minimum Gasteiger partial charge on any atom is -0.316 e. The molecule has 2 aromatic rings. The first-order valence-electron chi connectivity index (χ1n) is 7.58. The van der Waals surface area contributed by atoms with E-state index in [0.717, 1.165) is 13.1 Å². The molecule has 0 atom stereocenters. The SMILES string of the molecule is CCSCCNCCP(c1ccccc1)c1ccccc1.[Ru]. The van der Waals surface area contributed by atoms with Crippen molar-refractivity contribution in [3.63, 3.8) is 0 Å². The number of thioether (sulfide) groups is 1. The van der Waals surface area contributed by atoms with Crippen LogP contribution in [0, 0.1) is 0 Å². The fourth-order valence-electron chi connectivity index (χ4n) is 2.23. The van der Waals surface area contributed by atoms with E-state index >= 15 is 0 Å². The summed E-state index contributed by atoms with van der Waals surface area (Å²) in [6, 6.07) is 21.9. The van der Waals surface area contributed by atoms with Gasteiger partial charge < -0.3 is 5.32 Å². The van der Waals surface area contributed by atoms with Crippen LogP contribution in [0.2, 0.25) is 0 Å². The van der Waals surface area contributed by atoms with Crippen LogP contribution < -0.4 is 15.9 Å². The van der Waals surface area contributed by atoms with E-state index in [1.54, 1.807) is 0 Å². The average molecular weight is 419 g/mol. The number of hydrogen-bond donors (Lipinski definition) is 1. The standard InChI is InChI=1S/C18H24NPS.Ru/c1-2-21-16-14-19-13-15-20(17-9-5-3-6-10-17)18-11-7-4-8-12-18;/h3-12,19H,2,13-16H2,1H3;. The van der Waals surface area contributed by atoms with Gasteiger partial charge in [0.05, 0.1) is 0 Å². The van der Waals surface area contributed by atoms with Crippen LogP contribution >= 0.6 is 19.7 Å². The van der Waals surface area contributed by atoms with E-state index in [1.165, 1.54) is 28.3 Å². The van der Waals surface area contributed by atoms with Crippen molar-refractivity contribution in [1.29, 1.82) is 0 Å². The van der Waals surface area contributed by atoms with Gasteiger partial charge in [-0.25, -0.2) is 0 Å². The van der Waals surface area contributed by atoms with Crippen LogP contribution in [0.5, 0.6) is 0 Å². The summed E-state index contributed by atoms with van der Waals surface area (Å²) in [5.74, 6) is 2.42. The molecular weight excluding hydrogens is 394 g/mol. The van der Waals surface area contributed by atoms with Crippen molar-refractivity contribution in [2.45, 2.75) is 6.92 Å². The Bertz CT molecular complexity index is 455. The predicted molar refractivity (Wildman–Crippen MR) is 99.8 cm³/mol. The molecule has 22 heavy (non-hydrogen) atoms. The fraction of sp³-hybridized carbons (Fsp3) is 0.333. The molecule has 0 unspecified atom stereocenters. The van der Waals surface area contributed by atoms with E-state index in [2.05, 4.69) is 72.9 Å². The summed E-state index contributed by atoms with van der Waals surface area (Å²) in [6.07, 6.45) is 1.21. The molecule has 1 nitrogen and oxygen atoms in total. The van der Waals surface area contributed by atoms with Crippen molar-refractivity contribution < 1.29 is 19.5 Å². The van der Waals surface area contributed by atoms with E-state index in [4.69, 9.17) is 0 Å². The molecule has 0 aromatic heterocycles. The summed E-state index contributed by atoms with van der Waals surface area (Å²) in [4.78, 5) is 0. The molecule has 0 spiro atoms. The molecule has 0 radical (unpaired) electrons. The van der Waals surface area contributed by atoms with Crippen molar-refractivity contribution in [2.75, 3.05) is 30.8 Å². The van der Waals surface area contributed by atoms with Gasteiger partial charge in [0.15, 0.2) is 0 Å². The van der Waals surface area contributed by atoms with Crippen molar-refractivity contribution >= 4 is 30.3 Å². The maximum absolute atomic E-state index is 3.59. The number of rotatable bonds is 9. The van der Waals surface area contributed by atoms with E-state index < -0.39 is 0 Å². The van der Waals surface area contributed by atoms with Gasteiger partial charge in [-0.05, 0) is 37.0 Å². The molecule has 0 saturated carbocycles. The molecule has 0 aliphatic rings. The minimum absolute atomic E-state index is 0. The summed E-state index contributed by atoms with van der Waals surface area (Å²) >= 11 is 2.00. The first kappa shape index (κ1) is 19.8. The van der Waals surface area contributed by atoms with Crippen LogP contribution in [-0.4, -0.2) is 30.8 Å². The first-order valence-corrected chi connectivity index (χ1v) is 10.3. The van der Waals surface area contributed by atoms with Gasteiger partial charge in [0.25, 0.3) is 0 Å². The largest absolute Gasteiger partial charge is 0.316 e. The second-order valence-electron chi connectivity index (χ2n) is 4.77. The zero-order chi connectivity index (χ0) is 14.8. The van der Waals surface area contributed by atoms with E-state index in [-0.39, 0.29) is 27.4 Å². The van der Waals surface area contributed by atoms with Gasteiger partial charge in [0.1, 0.15) is 0 Å². The fourth-order valence-corrected chi connectivity index (χ4v) is 5.07. The molecule has 0 heterocycles. The summed E-state index contributed by atoms with van der Waals surface area (Å²) in [6.45, 7) is 4.43. The van der Waals surface area contributed by atoms with Crippen LogP contribution in [-0.2, 0) is 19.5 Å². The second-order valence-corrected chi connectivity index (χ2v) is 8.50. The van der Waals surface area contributed by atoms with Crippen molar-refractivity contribution in [2.24, 2.45) is 0 Å². The Balaban J connectivity index is 0.00000242. The monoisotopic (exact) mass is 419 g/mol. The Kier molecular flexibility index (Phi) is 11.1. The van der Waals surface area contributed by atoms with Crippen LogP contribution in [0.4, 0.5) is 0 Å². The minimum atomic E-state index is -0.245. The summed E-state index contributed by atoms with van der Waals surface area (Å²) in [5.41, 5.74) is 0. The molecule has 0 amide bonds. The molecule has 1 N–H and O–H groups in total. The van der Waals surface area contributed by atoms with Gasteiger partial charge in [-0.3, -0.25) is 0 Å². The molecule has 0 aliphatic carbocycles. The summed E-state index contributed by atoms with van der Waals surface area (Å²) in [5, 5.41) is 6.54. The van der Waals surface area contributed by atoms with Crippen LogP contribution in [0.25, 0.3) is 0 Å². The predicted octanol–water partition coefficient (Wildman–Crippen LogP) is 3.46. The quantitative estimate of drug-likeness (QED) is 0.380. The normalized spacial score (nSPS) is 10.5. The molecule has 0 bridgehead atoms. The van der Waals surface area contributed by atoms with Crippen molar-refractivity contribution in [3.8, 4) is 0 Å². The van der Waals surface area contributed by atoms with Gasteiger partial charge >= 0.3 is 0 Å². The first-order chi connectivity index (χ1) is 10.4.